The summed E-state index contributed by atoms with van der Waals surface area (Å²) >= 11 is 9.12. The molecule has 2 atom stereocenters. The zero-order chi connectivity index (χ0) is 33.9. The van der Waals surface area contributed by atoms with Crippen LogP contribution >= 0.6 is 27.5 Å². The molecule has 12 nitrogen and oxygen atoms in total. The van der Waals surface area contributed by atoms with Crippen molar-refractivity contribution in [2.75, 3.05) is 13.2 Å². The number of amides is 2. The number of aromatic nitrogens is 2. The van der Waals surface area contributed by atoms with Gasteiger partial charge in [0.1, 0.15) is 21.0 Å². The number of carbonyl (C=O) groups excluding carboxylic acids is 4. The number of rotatable bonds is 8. The van der Waals surface area contributed by atoms with Crippen LogP contribution in [0.15, 0.2) is 41.0 Å². The Balaban J connectivity index is 0.000000440. The normalized spacial score (nSPS) is 13.9. The average molecular weight is 702 g/mol. The van der Waals surface area contributed by atoms with E-state index in [4.69, 9.17) is 30.5 Å². The second-order valence-corrected chi connectivity index (χ2v) is 12.8. The van der Waals surface area contributed by atoms with Crippen LogP contribution in [0.3, 0.4) is 0 Å². The summed E-state index contributed by atoms with van der Waals surface area (Å²) in [5.41, 5.74) is -3.69. The highest BCUT2D eigenvalue weighted by molar-refractivity contribution is 9.10. The van der Waals surface area contributed by atoms with Crippen molar-refractivity contribution >= 4 is 51.7 Å². The molecule has 244 valence electrons. The fourth-order valence-corrected chi connectivity index (χ4v) is 3.89. The molecule has 0 saturated heterocycles. The summed E-state index contributed by atoms with van der Waals surface area (Å²) in [5, 5.41) is 5.29. The van der Waals surface area contributed by atoms with Crippen LogP contribution in [0.25, 0.3) is 0 Å². The van der Waals surface area contributed by atoms with Gasteiger partial charge in [0, 0.05) is 0 Å². The van der Waals surface area contributed by atoms with Gasteiger partial charge in [-0.25, -0.2) is 29.1 Å². The molecular formula is C30H42BrClN4O8. The lowest BCUT2D eigenvalue weighted by Crippen LogP contribution is -2.52. The van der Waals surface area contributed by atoms with Crippen molar-refractivity contribution < 1.29 is 38.1 Å². The van der Waals surface area contributed by atoms with Gasteiger partial charge in [-0.1, -0.05) is 23.7 Å². The average Bonchev–Trinajstić information content (AvgIpc) is 2.87. The number of hydrogen-bond acceptors (Lipinski definition) is 10. The minimum Gasteiger partial charge on any atom is -0.464 e. The maximum atomic E-state index is 12.3. The maximum Gasteiger partial charge on any atom is 0.408 e. The van der Waals surface area contributed by atoms with Crippen LogP contribution in [0.1, 0.15) is 80.6 Å². The Labute approximate surface area is 272 Å². The van der Waals surface area contributed by atoms with E-state index in [1.165, 1.54) is 13.8 Å². The van der Waals surface area contributed by atoms with Crippen molar-refractivity contribution in [3.63, 3.8) is 0 Å². The highest BCUT2D eigenvalue weighted by Gasteiger charge is 2.42. The molecule has 0 radical (unpaired) electrons. The summed E-state index contributed by atoms with van der Waals surface area (Å²) in [4.78, 5) is 57.1. The number of halogens is 2. The Kier molecular flexibility index (Phi) is 14.1. The third-order valence-corrected chi connectivity index (χ3v) is 5.98. The molecule has 2 rings (SSSR count). The van der Waals surface area contributed by atoms with E-state index in [1.54, 1.807) is 91.8 Å². The number of alkyl carbamates (subject to hydrolysis) is 2. The van der Waals surface area contributed by atoms with Gasteiger partial charge in [0.15, 0.2) is 11.1 Å². The van der Waals surface area contributed by atoms with Crippen molar-refractivity contribution in [3.8, 4) is 0 Å². The van der Waals surface area contributed by atoms with Crippen LogP contribution < -0.4 is 10.6 Å². The monoisotopic (exact) mass is 700 g/mol. The van der Waals surface area contributed by atoms with E-state index in [0.717, 1.165) is 0 Å². The van der Waals surface area contributed by atoms with E-state index >= 15 is 0 Å². The predicted octanol–water partition coefficient (Wildman–Crippen LogP) is 6.19. The number of pyridine rings is 2. The van der Waals surface area contributed by atoms with E-state index in [9.17, 15) is 19.2 Å². The first-order chi connectivity index (χ1) is 20.2. The van der Waals surface area contributed by atoms with Gasteiger partial charge in [0.05, 0.1) is 24.6 Å². The van der Waals surface area contributed by atoms with Crippen LogP contribution in [-0.2, 0) is 39.6 Å². The predicted molar refractivity (Wildman–Crippen MR) is 168 cm³/mol. The first kappa shape index (κ1) is 38.6. The van der Waals surface area contributed by atoms with Crippen LogP contribution in [-0.4, -0.2) is 58.5 Å². The van der Waals surface area contributed by atoms with Crippen molar-refractivity contribution in [2.45, 2.75) is 91.5 Å². The fourth-order valence-electron chi connectivity index (χ4n) is 3.38. The summed E-state index contributed by atoms with van der Waals surface area (Å²) in [6.45, 7) is 17.2. The minimum atomic E-state index is -1.50. The van der Waals surface area contributed by atoms with Crippen molar-refractivity contribution in [1.82, 2.24) is 20.6 Å². The van der Waals surface area contributed by atoms with E-state index in [2.05, 4.69) is 36.5 Å². The molecule has 0 aromatic carbocycles. The molecular weight excluding hydrogens is 660 g/mol. The minimum absolute atomic E-state index is 0.172. The highest BCUT2D eigenvalue weighted by atomic mass is 79.9. The van der Waals surface area contributed by atoms with Crippen molar-refractivity contribution in [2.24, 2.45) is 0 Å². The first-order valence-electron chi connectivity index (χ1n) is 13.8. The first-order valence-corrected chi connectivity index (χ1v) is 15.0. The Morgan fingerprint density at radius 2 is 1.09 bits per heavy atom. The van der Waals surface area contributed by atoms with Gasteiger partial charge in [0.2, 0.25) is 0 Å². The number of nitrogens with one attached hydrogen (secondary N) is 2. The van der Waals surface area contributed by atoms with Crippen LogP contribution in [0.4, 0.5) is 9.59 Å². The third-order valence-electron chi connectivity index (χ3n) is 5.32. The zero-order valence-electron chi connectivity index (χ0n) is 26.8. The molecule has 2 amide bonds. The summed E-state index contributed by atoms with van der Waals surface area (Å²) in [7, 11) is 0. The molecule has 0 fully saturated rings. The summed E-state index contributed by atoms with van der Waals surface area (Å²) in [6, 6.07) is 9.88. The Hall–Kier alpha value is -3.45. The molecule has 0 spiro atoms. The molecule has 44 heavy (non-hydrogen) atoms. The molecule has 0 aliphatic heterocycles. The van der Waals surface area contributed by atoms with Gasteiger partial charge in [-0.3, -0.25) is 0 Å². The number of ether oxygens (including phenoxy) is 4. The molecule has 0 aliphatic carbocycles. The van der Waals surface area contributed by atoms with Gasteiger partial charge in [0.25, 0.3) is 0 Å². The summed E-state index contributed by atoms with van der Waals surface area (Å²) < 4.78 is 21.1. The number of hydrogen-bond donors (Lipinski definition) is 2. The number of carbonyl (C=O) groups is 4. The molecule has 0 saturated carbocycles. The molecule has 2 aromatic rings. The second kappa shape index (κ2) is 16.0. The summed E-state index contributed by atoms with van der Waals surface area (Å²) in [5.74, 6) is -1.25. The van der Waals surface area contributed by atoms with E-state index in [-0.39, 0.29) is 24.1 Å². The lowest BCUT2D eigenvalue weighted by molar-refractivity contribution is -0.151. The second-order valence-electron chi connectivity index (χ2n) is 11.6. The molecule has 0 aliphatic rings. The van der Waals surface area contributed by atoms with Crippen molar-refractivity contribution in [3.05, 3.63) is 57.5 Å². The van der Waals surface area contributed by atoms with Gasteiger partial charge in [-0.2, -0.15) is 0 Å². The fraction of sp³-hybridized carbons (Fsp3) is 0.533. The SMILES string of the molecule is CCOC(=O)C(C)(NC(=O)OC(C)(C)C)c1cccc(Br)n1.CCOC(=O)C(C)(NC(=O)OC(C)(C)C)c1cccc(Cl)n1. The molecule has 2 aromatic heterocycles. The lowest BCUT2D eigenvalue weighted by Gasteiger charge is -2.29. The molecule has 14 heteroatoms. The molecule has 2 N–H and O–H groups in total. The number of nitrogens with zero attached hydrogens (tertiary/aromatic N) is 2. The van der Waals surface area contributed by atoms with Gasteiger partial charge in [-0.05, 0) is 109 Å². The van der Waals surface area contributed by atoms with E-state index in [1.807, 2.05) is 0 Å². The smallest absolute Gasteiger partial charge is 0.408 e. The van der Waals surface area contributed by atoms with Crippen molar-refractivity contribution in [1.29, 1.82) is 0 Å². The topological polar surface area (TPSA) is 155 Å². The van der Waals surface area contributed by atoms with Crippen LogP contribution in [0.5, 0.6) is 0 Å². The van der Waals surface area contributed by atoms with E-state index in [0.29, 0.717) is 10.3 Å². The highest BCUT2D eigenvalue weighted by Crippen LogP contribution is 2.25. The summed E-state index contributed by atoms with van der Waals surface area (Å²) in [6.07, 6.45) is -1.46. The largest absolute Gasteiger partial charge is 0.464 e. The number of esters is 2. The molecule has 0 bridgehead atoms. The lowest BCUT2D eigenvalue weighted by atomic mass is 9.97. The van der Waals surface area contributed by atoms with E-state index < -0.39 is 46.4 Å². The van der Waals surface area contributed by atoms with Crippen LogP contribution in [0, 0.1) is 0 Å². The van der Waals surface area contributed by atoms with Crippen LogP contribution in [0.2, 0.25) is 5.15 Å². The Bertz CT molecular complexity index is 1210. The maximum absolute atomic E-state index is 12.3. The van der Waals surface area contributed by atoms with Gasteiger partial charge >= 0.3 is 24.1 Å². The van der Waals surface area contributed by atoms with Gasteiger partial charge < -0.3 is 29.6 Å². The molecule has 2 unspecified atom stereocenters. The quantitative estimate of drug-likeness (QED) is 0.185. The molecule has 2 heterocycles. The van der Waals surface area contributed by atoms with Gasteiger partial charge in [-0.15, -0.1) is 0 Å². The Morgan fingerprint density at radius 3 is 1.43 bits per heavy atom. The zero-order valence-corrected chi connectivity index (χ0v) is 29.1. The Morgan fingerprint density at radius 1 is 0.705 bits per heavy atom. The third kappa shape index (κ3) is 12.3. The standard InChI is InChI=1S/C15H21BrN2O4.C15H21ClN2O4/c2*1-6-21-12(19)15(5,10-8-7-9-11(16)17-10)18-13(20)22-14(2,3)4/h2*7-9H,6H2,1-5H3,(H,18,20).